The minimum Gasteiger partial charge on any atom is -0.381 e. The number of carbonyl (C=O) groups excluding carboxylic acids is 1. The van der Waals surface area contributed by atoms with Crippen LogP contribution in [0.25, 0.3) is 0 Å². The largest absolute Gasteiger partial charge is 0.381 e. The van der Waals surface area contributed by atoms with Gasteiger partial charge in [-0.2, -0.15) is 0 Å². The molecule has 0 aromatic carbocycles. The van der Waals surface area contributed by atoms with E-state index >= 15 is 0 Å². The third-order valence-corrected chi connectivity index (χ3v) is 3.94. The van der Waals surface area contributed by atoms with Crippen molar-refractivity contribution in [1.29, 1.82) is 0 Å². The van der Waals surface area contributed by atoms with Crippen LogP contribution in [-0.4, -0.2) is 42.2 Å². The molecule has 4 heteroatoms. The predicted molar refractivity (Wildman–Crippen MR) is 82.8 cm³/mol. The molecule has 2 aliphatic heterocycles. The van der Waals surface area contributed by atoms with Crippen molar-refractivity contribution in [1.82, 2.24) is 10.2 Å². The van der Waals surface area contributed by atoms with E-state index in [9.17, 15) is 4.79 Å². The Balaban J connectivity index is 2.20. The number of hydrogen-bond donors (Lipinski definition) is 1. The van der Waals surface area contributed by atoms with Gasteiger partial charge in [0.25, 0.3) is 5.91 Å². The number of unbranched alkanes of at least 4 members (excludes halogenated alkanes) is 1. The zero-order chi connectivity index (χ0) is 14.5. The summed E-state index contributed by atoms with van der Waals surface area (Å²) >= 11 is 0. The Hall–Kier alpha value is -1.58. The normalized spacial score (nSPS) is 24.1. The third kappa shape index (κ3) is 3.30. The van der Waals surface area contributed by atoms with E-state index < -0.39 is 0 Å². The molecule has 2 aliphatic rings. The first-order valence-corrected chi connectivity index (χ1v) is 7.64. The van der Waals surface area contributed by atoms with Crippen molar-refractivity contribution in [3.63, 3.8) is 0 Å². The van der Waals surface area contributed by atoms with Gasteiger partial charge >= 0.3 is 0 Å². The fourth-order valence-corrected chi connectivity index (χ4v) is 2.61. The summed E-state index contributed by atoms with van der Waals surface area (Å²) in [4.78, 5) is 19.2. The molecule has 2 heterocycles. The van der Waals surface area contributed by atoms with Crippen LogP contribution in [0, 0.1) is 0 Å². The van der Waals surface area contributed by atoms with Gasteiger partial charge in [0, 0.05) is 25.3 Å². The number of rotatable bonds is 4. The van der Waals surface area contributed by atoms with Crippen molar-refractivity contribution >= 4 is 12.1 Å². The van der Waals surface area contributed by atoms with Gasteiger partial charge in [-0.15, -0.1) is 0 Å². The molecule has 0 aromatic heterocycles. The molecule has 0 aromatic rings. The zero-order valence-electron chi connectivity index (χ0n) is 12.7. The summed E-state index contributed by atoms with van der Waals surface area (Å²) in [7, 11) is 0. The van der Waals surface area contributed by atoms with Crippen LogP contribution in [0.1, 0.15) is 40.0 Å². The van der Waals surface area contributed by atoms with Gasteiger partial charge in [-0.1, -0.05) is 25.8 Å². The highest BCUT2D eigenvalue weighted by Gasteiger charge is 2.26. The van der Waals surface area contributed by atoms with Gasteiger partial charge in [0.05, 0.1) is 17.3 Å². The molecule has 0 fully saturated rings. The second-order valence-electron chi connectivity index (χ2n) is 5.62. The van der Waals surface area contributed by atoms with Crippen LogP contribution in [0.4, 0.5) is 0 Å². The predicted octanol–water partition coefficient (Wildman–Crippen LogP) is 2.28. The van der Waals surface area contributed by atoms with Crippen molar-refractivity contribution in [2.24, 2.45) is 4.99 Å². The standard InChI is InChI=1S/C16H25N3O/c1-4-5-6-13(3)19-10-9-17-15-11-18-12(2)7-8-14(15)16(19)20/h7-8,11-13,17H,4-6,9-10H2,1-3H3. The first-order valence-electron chi connectivity index (χ1n) is 7.64. The van der Waals surface area contributed by atoms with E-state index in [-0.39, 0.29) is 11.9 Å². The molecular formula is C16H25N3O. The molecule has 1 N–H and O–H groups in total. The molecule has 4 nitrogen and oxygen atoms in total. The number of carbonyl (C=O) groups is 1. The molecular weight excluding hydrogens is 250 g/mol. The lowest BCUT2D eigenvalue weighted by Crippen LogP contribution is -2.40. The van der Waals surface area contributed by atoms with Gasteiger partial charge < -0.3 is 10.2 Å². The van der Waals surface area contributed by atoms with Crippen LogP contribution in [0.5, 0.6) is 0 Å². The Bertz CT molecular complexity index is 451. The summed E-state index contributed by atoms with van der Waals surface area (Å²) < 4.78 is 0. The van der Waals surface area contributed by atoms with E-state index in [1.807, 2.05) is 24.0 Å². The van der Waals surface area contributed by atoms with E-state index in [0.717, 1.165) is 30.8 Å². The number of nitrogens with zero attached hydrogens (tertiary/aromatic N) is 2. The summed E-state index contributed by atoms with van der Waals surface area (Å²) in [5, 5.41) is 3.33. The molecule has 0 aliphatic carbocycles. The number of allylic oxidation sites excluding steroid dienone is 1. The van der Waals surface area contributed by atoms with Crippen LogP contribution >= 0.6 is 0 Å². The molecule has 110 valence electrons. The van der Waals surface area contributed by atoms with Crippen LogP contribution in [0.3, 0.4) is 0 Å². The average Bonchev–Trinajstić information content (AvgIpc) is 2.71. The Kier molecular flexibility index (Phi) is 4.99. The smallest absolute Gasteiger partial charge is 0.256 e. The Morgan fingerprint density at radius 1 is 1.55 bits per heavy atom. The highest BCUT2D eigenvalue weighted by atomic mass is 16.2. The highest BCUT2D eigenvalue weighted by Crippen LogP contribution is 2.18. The number of nitrogens with one attached hydrogen (secondary N) is 1. The first-order chi connectivity index (χ1) is 9.63. The lowest BCUT2D eigenvalue weighted by Gasteiger charge is -2.28. The summed E-state index contributed by atoms with van der Waals surface area (Å²) in [6, 6.07) is 0.421. The van der Waals surface area contributed by atoms with Crippen LogP contribution in [-0.2, 0) is 4.79 Å². The number of hydrogen-bond acceptors (Lipinski definition) is 3. The molecule has 0 radical (unpaired) electrons. The lowest BCUT2D eigenvalue weighted by molar-refractivity contribution is -0.128. The molecule has 2 atom stereocenters. The SMILES string of the molecule is CCCCC(C)N1CCNC2=C(C=CC(C)N=C2)C1=O. The molecule has 0 bridgehead atoms. The minimum atomic E-state index is 0.127. The van der Waals surface area contributed by atoms with Gasteiger partial charge in [-0.05, 0) is 26.3 Å². The molecule has 2 unspecified atom stereocenters. The minimum absolute atomic E-state index is 0.127. The molecule has 20 heavy (non-hydrogen) atoms. The number of amides is 1. The molecule has 0 spiro atoms. The monoisotopic (exact) mass is 275 g/mol. The quantitative estimate of drug-likeness (QED) is 0.855. The molecule has 0 saturated carbocycles. The van der Waals surface area contributed by atoms with Crippen molar-refractivity contribution in [2.75, 3.05) is 13.1 Å². The summed E-state index contributed by atoms with van der Waals surface area (Å²) in [5.74, 6) is 0.130. The maximum Gasteiger partial charge on any atom is 0.256 e. The van der Waals surface area contributed by atoms with Crippen molar-refractivity contribution in [3.05, 3.63) is 23.4 Å². The van der Waals surface area contributed by atoms with Crippen molar-refractivity contribution in [2.45, 2.75) is 52.1 Å². The van der Waals surface area contributed by atoms with E-state index in [1.165, 1.54) is 12.8 Å². The van der Waals surface area contributed by atoms with E-state index in [0.29, 0.717) is 6.04 Å². The number of aliphatic imine (C=N–C) groups is 1. The van der Waals surface area contributed by atoms with Crippen LogP contribution in [0.15, 0.2) is 28.4 Å². The Labute approximate surface area is 121 Å². The van der Waals surface area contributed by atoms with Gasteiger partial charge in [0.15, 0.2) is 0 Å². The third-order valence-electron chi connectivity index (χ3n) is 3.94. The second kappa shape index (κ2) is 6.73. The van der Waals surface area contributed by atoms with Crippen molar-refractivity contribution in [3.8, 4) is 0 Å². The highest BCUT2D eigenvalue weighted by molar-refractivity contribution is 6.03. The molecule has 1 amide bonds. The zero-order valence-corrected chi connectivity index (χ0v) is 12.7. The van der Waals surface area contributed by atoms with Crippen LogP contribution in [0.2, 0.25) is 0 Å². The maximum atomic E-state index is 12.8. The summed E-state index contributed by atoms with van der Waals surface area (Å²) in [6.07, 6.45) is 9.12. The maximum absolute atomic E-state index is 12.8. The summed E-state index contributed by atoms with van der Waals surface area (Å²) in [6.45, 7) is 7.90. The topological polar surface area (TPSA) is 44.7 Å². The van der Waals surface area contributed by atoms with Gasteiger partial charge in [0.1, 0.15) is 0 Å². The fourth-order valence-electron chi connectivity index (χ4n) is 2.61. The lowest BCUT2D eigenvalue weighted by atomic mass is 10.1. The average molecular weight is 275 g/mol. The van der Waals surface area contributed by atoms with E-state index in [2.05, 4.69) is 24.2 Å². The second-order valence-corrected chi connectivity index (χ2v) is 5.62. The molecule has 2 rings (SSSR count). The van der Waals surface area contributed by atoms with Crippen molar-refractivity contribution < 1.29 is 4.79 Å². The van der Waals surface area contributed by atoms with Gasteiger partial charge in [0.2, 0.25) is 0 Å². The van der Waals surface area contributed by atoms with Crippen LogP contribution < -0.4 is 5.32 Å². The first kappa shape index (κ1) is 14.8. The Morgan fingerprint density at radius 3 is 3.10 bits per heavy atom. The van der Waals surface area contributed by atoms with Gasteiger partial charge in [-0.3, -0.25) is 9.79 Å². The summed E-state index contributed by atoms with van der Waals surface area (Å²) in [5.41, 5.74) is 1.61. The fraction of sp³-hybridized carbons (Fsp3) is 0.625. The molecule has 0 saturated heterocycles. The van der Waals surface area contributed by atoms with E-state index in [4.69, 9.17) is 0 Å². The van der Waals surface area contributed by atoms with E-state index in [1.54, 1.807) is 6.21 Å². The Morgan fingerprint density at radius 2 is 2.35 bits per heavy atom. The van der Waals surface area contributed by atoms with Gasteiger partial charge in [-0.25, -0.2) is 0 Å².